The van der Waals surface area contributed by atoms with Crippen molar-refractivity contribution in [3.63, 3.8) is 0 Å². The average molecular weight is 291 g/mol. The van der Waals surface area contributed by atoms with E-state index in [1.807, 2.05) is 26.8 Å². The number of nitrogens with zero attached hydrogens (tertiary/aromatic N) is 3. The number of anilines is 1. The molecule has 0 saturated carbocycles. The van der Waals surface area contributed by atoms with Gasteiger partial charge in [-0.25, -0.2) is 9.97 Å². The van der Waals surface area contributed by atoms with Gasteiger partial charge >= 0.3 is 0 Å². The smallest absolute Gasteiger partial charge is 0.226 e. The van der Waals surface area contributed by atoms with Crippen molar-refractivity contribution in [1.29, 1.82) is 0 Å². The molecule has 2 aliphatic heterocycles. The summed E-state index contributed by atoms with van der Waals surface area (Å²) in [7, 11) is 0. The molecule has 0 spiro atoms. The zero-order valence-corrected chi connectivity index (χ0v) is 13.2. The van der Waals surface area contributed by atoms with Crippen LogP contribution in [-0.2, 0) is 4.74 Å². The molecule has 2 saturated heterocycles. The predicted molar refractivity (Wildman–Crippen MR) is 81.4 cm³/mol. The summed E-state index contributed by atoms with van der Waals surface area (Å²) in [5.74, 6) is 0.926. The molecule has 3 atom stereocenters. The molecule has 0 bridgehead atoms. The monoisotopic (exact) mass is 291 g/mol. The largest absolute Gasteiger partial charge is 0.390 e. The van der Waals surface area contributed by atoms with Gasteiger partial charge in [-0.1, -0.05) is 0 Å². The van der Waals surface area contributed by atoms with Gasteiger partial charge in [-0.2, -0.15) is 0 Å². The predicted octanol–water partition coefficient (Wildman–Crippen LogP) is 1.85. The van der Waals surface area contributed by atoms with E-state index in [1.165, 1.54) is 0 Å². The van der Waals surface area contributed by atoms with Crippen molar-refractivity contribution in [3.8, 4) is 0 Å². The third-order valence-corrected chi connectivity index (χ3v) is 4.84. The second kappa shape index (κ2) is 5.54. The molecule has 2 aliphatic rings. The van der Waals surface area contributed by atoms with Crippen LogP contribution in [-0.4, -0.2) is 46.5 Å². The fourth-order valence-corrected chi connectivity index (χ4v) is 3.67. The zero-order chi connectivity index (χ0) is 15.0. The molecule has 1 aromatic heterocycles. The quantitative estimate of drug-likeness (QED) is 0.901. The van der Waals surface area contributed by atoms with E-state index in [0.29, 0.717) is 19.6 Å². The number of aliphatic hydroxyl groups is 1. The van der Waals surface area contributed by atoms with Gasteiger partial charge in [-0.05, 0) is 46.1 Å². The topological polar surface area (TPSA) is 58.5 Å². The van der Waals surface area contributed by atoms with Gasteiger partial charge in [0.1, 0.15) is 0 Å². The molecular formula is C16H25N3O2. The lowest BCUT2D eigenvalue weighted by Crippen LogP contribution is -2.53. The van der Waals surface area contributed by atoms with Crippen LogP contribution in [0.5, 0.6) is 0 Å². The van der Waals surface area contributed by atoms with Gasteiger partial charge in [-0.3, -0.25) is 0 Å². The lowest BCUT2D eigenvalue weighted by Gasteiger charge is -2.43. The van der Waals surface area contributed by atoms with Crippen molar-refractivity contribution in [1.82, 2.24) is 9.97 Å². The molecule has 5 nitrogen and oxygen atoms in total. The first-order valence-electron chi connectivity index (χ1n) is 7.86. The molecule has 0 radical (unpaired) electrons. The Balaban J connectivity index is 1.88. The van der Waals surface area contributed by atoms with E-state index >= 15 is 0 Å². The van der Waals surface area contributed by atoms with Crippen molar-refractivity contribution in [2.45, 2.75) is 51.7 Å². The summed E-state index contributed by atoms with van der Waals surface area (Å²) < 4.78 is 5.63. The van der Waals surface area contributed by atoms with Gasteiger partial charge in [0.15, 0.2) is 0 Å². The number of rotatable bonds is 2. The van der Waals surface area contributed by atoms with Gasteiger partial charge in [-0.15, -0.1) is 0 Å². The van der Waals surface area contributed by atoms with Crippen LogP contribution in [0.15, 0.2) is 6.07 Å². The minimum atomic E-state index is -0.662. The van der Waals surface area contributed by atoms with Crippen LogP contribution in [0, 0.1) is 19.8 Å². The Morgan fingerprint density at radius 2 is 2.05 bits per heavy atom. The summed E-state index contributed by atoms with van der Waals surface area (Å²) in [6, 6.07) is 2.26. The maximum Gasteiger partial charge on any atom is 0.226 e. The van der Waals surface area contributed by atoms with E-state index in [1.54, 1.807) is 0 Å². The van der Waals surface area contributed by atoms with E-state index in [0.717, 1.165) is 36.7 Å². The van der Waals surface area contributed by atoms with Crippen LogP contribution in [0.4, 0.5) is 5.95 Å². The Labute approximate surface area is 126 Å². The summed E-state index contributed by atoms with van der Waals surface area (Å²) >= 11 is 0. The molecule has 3 rings (SSSR count). The Kier molecular flexibility index (Phi) is 3.88. The average Bonchev–Trinajstić information content (AvgIpc) is 2.86. The molecule has 0 amide bonds. The zero-order valence-electron chi connectivity index (χ0n) is 13.2. The van der Waals surface area contributed by atoms with Gasteiger partial charge in [0, 0.05) is 36.5 Å². The molecule has 1 N–H and O–H groups in total. The second-order valence-electron chi connectivity index (χ2n) is 6.64. The highest BCUT2D eigenvalue weighted by molar-refractivity contribution is 5.36. The third kappa shape index (κ3) is 2.90. The van der Waals surface area contributed by atoms with Gasteiger partial charge < -0.3 is 14.7 Å². The van der Waals surface area contributed by atoms with Crippen molar-refractivity contribution in [2.24, 2.45) is 5.92 Å². The molecule has 0 aliphatic carbocycles. The summed E-state index contributed by atoms with van der Waals surface area (Å²) in [4.78, 5) is 11.5. The van der Waals surface area contributed by atoms with Crippen LogP contribution in [0.25, 0.3) is 0 Å². The highest BCUT2D eigenvalue weighted by Crippen LogP contribution is 2.37. The molecule has 0 aromatic carbocycles. The minimum absolute atomic E-state index is 0.123. The Bertz CT molecular complexity index is 498. The molecule has 116 valence electrons. The summed E-state index contributed by atoms with van der Waals surface area (Å²) in [5.41, 5.74) is 1.33. The Hall–Kier alpha value is -1.20. The number of ether oxygens (including phenoxy) is 1. The van der Waals surface area contributed by atoms with Crippen LogP contribution in [0.2, 0.25) is 0 Å². The molecule has 3 heterocycles. The minimum Gasteiger partial charge on any atom is -0.390 e. The van der Waals surface area contributed by atoms with Crippen LogP contribution in [0.3, 0.4) is 0 Å². The first kappa shape index (κ1) is 14.7. The lowest BCUT2D eigenvalue weighted by molar-refractivity contribution is -0.108. The van der Waals surface area contributed by atoms with E-state index in [2.05, 4.69) is 14.9 Å². The fourth-order valence-electron chi connectivity index (χ4n) is 3.67. The van der Waals surface area contributed by atoms with Gasteiger partial charge in [0.2, 0.25) is 5.95 Å². The van der Waals surface area contributed by atoms with Crippen molar-refractivity contribution < 1.29 is 9.84 Å². The van der Waals surface area contributed by atoms with Gasteiger partial charge in [0.05, 0.1) is 12.2 Å². The Morgan fingerprint density at radius 3 is 2.71 bits per heavy atom. The Morgan fingerprint density at radius 1 is 1.33 bits per heavy atom. The van der Waals surface area contributed by atoms with Crippen LogP contribution in [0.1, 0.15) is 37.6 Å². The molecule has 2 fully saturated rings. The van der Waals surface area contributed by atoms with Crippen LogP contribution < -0.4 is 4.90 Å². The number of hydrogen-bond donors (Lipinski definition) is 1. The first-order valence-corrected chi connectivity index (χ1v) is 7.86. The molecule has 21 heavy (non-hydrogen) atoms. The SMILES string of the molecule is Cc1cc(C)nc(N2CCC[C@@H]2[C@@H]2COCC[C@@]2(C)O)n1. The number of aromatic nitrogens is 2. The molecule has 1 aromatic rings. The molecular weight excluding hydrogens is 266 g/mol. The van der Waals surface area contributed by atoms with Gasteiger partial charge in [0.25, 0.3) is 0 Å². The third-order valence-electron chi connectivity index (χ3n) is 4.84. The molecule has 0 unspecified atom stereocenters. The summed E-state index contributed by atoms with van der Waals surface area (Å²) in [6.07, 6.45) is 2.89. The number of aryl methyl sites for hydroxylation is 2. The highest BCUT2D eigenvalue weighted by atomic mass is 16.5. The van der Waals surface area contributed by atoms with E-state index < -0.39 is 5.60 Å². The van der Waals surface area contributed by atoms with Crippen LogP contribution >= 0.6 is 0 Å². The maximum atomic E-state index is 10.7. The van der Waals surface area contributed by atoms with Crippen molar-refractivity contribution in [3.05, 3.63) is 17.5 Å². The van der Waals surface area contributed by atoms with E-state index in [4.69, 9.17) is 4.74 Å². The number of hydrogen-bond acceptors (Lipinski definition) is 5. The van der Waals surface area contributed by atoms with E-state index in [9.17, 15) is 5.11 Å². The lowest BCUT2D eigenvalue weighted by atomic mass is 9.79. The summed E-state index contributed by atoms with van der Waals surface area (Å²) in [5, 5.41) is 10.7. The summed E-state index contributed by atoms with van der Waals surface area (Å²) in [6.45, 7) is 8.18. The maximum absolute atomic E-state index is 10.7. The molecule has 5 heteroatoms. The standard InChI is InChI=1S/C16H25N3O2/c1-11-9-12(2)18-15(17-11)19-7-4-5-14(19)13-10-21-8-6-16(13,3)20/h9,13-14,20H,4-8,10H2,1-3H3/t13-,14+,16+/m0/s1. The highest BCUT2D eigenvalue weighted by Gasteiger charge is 2.44. The van der Waals surface area contributed by atoms with Crippen molar-refractivity contribution in [2.75, 3.05) is 24.7 Å². The van der Waals surface area contributed by atoms with Crippen molar-refractivity contribution >= 4 is 5.95 Å². The fraction of sp³-hybridized carbons (Fsp3) is 0.750. The second-order valence-corrected chi connectivity index (χ2v) is 6.64. The normalized spacial score (nSPS) is 33.4. The van der Waals surface area contributed by atoms with E-state index in [-0.39, 0.29) is 12.0 Å². The first-order chi connectivity index (χ1) is 9.97.